The summed E-state index contributed by atoms with van der Waals surface area (Å²) in [6.45, 7) is -0.470. The van der Waals surface area contributed by atoms with Crippen molar-refractivity contribution in [3.8, 4) is 0 Å². The molecule has 4 nitrogen and oxygen atoms in total. The summed E-state index contributed by atoms with van der Waals surface area (Å²) in [5.41, 5.74) is 0. The van der Waals surface area contributed by atoms with Gasteiger partial charge in [0.15, 0.2) is 0 Å². The van der Waals surface area contributed by atoms with Crippen LogP contribution in [0.2, 0.25) is 0 Å². The Balaban J connectivity index is 2.48. The molecule has 0 spiro atoms. The lowest BCUT2D eigenvalue weighted by Crippen LogP contribution is -2.31. The molecule has 0 amide bonds. The maximum absolute atomic E-state index is 12.4. The van der Waals surface area contributed by atoms with Crippen LogP contribution < -0.4 is 5.32 Å². The molecule has 1 aromatic rings. The van der Waals surface area contributed by atoms with Gasteiger partial charge >= 0.3 is 6.55 Å². The van der Waals surface area contributed by atoms with Gasteiger partial charge in [-0.05, 0) is 6.92 Å². The van der Waals surface area contributed by atoms with Crippen molar-refractivity contribution >= 4 is 10.8 Å². The molecule has 0 bridgehead atoms. The second-order valence-electron chi connectivity index (χ2n) is 3.55. The number of halogens is 2. The second-order valence-corrected chi connectivity index (χ2v) is 5.03. The molecule has 0 aliphatic rings. The van der Waals surface area contributed by atoms with Gasteiger partial charge in [-0.25, -0.2) is 4.98 Å². The summed E-state index contributed by atoms with van der Waals surface area (Å²) in [4.78, 5) is 3.83. The topological polar surface area (TPSA) is 46.9 Å². The Hall–Kier alpha value is -0.820. The van der Waals surface area contributed by atoms with Gasteiger partial charge in [-0.15, -0.1) is 0 Å². The van der Waals surface area contributed by atoms with Crippen molar-refractivity contribution in [2.45, 2.75) is 26.1 Å². The van der Waals surface area contributed by atoms with Crippen LogP contribution >= 0.6 is 0 Å². The molecule has 0 saturated carbocycles. The lowest BCUT2D eigenvalue weighted by Gasteiger charge is -2.12. The predicted molar refractivity (Wildman–Crippen MR) is 58.7 cm³/mol. The lowest BCUT2D eigenvalue weighted by atomic mass is 10.4. The number of nitrogens with zero attached hydrogens (tertiary/aromatic N) is 2. The number of hydrogen-bond donors (Lipinski definition) is 1. The normalized spacial score (nSPS) is 15.3. The number of nitrogens with one attached hydrogen (secondary N) is 1. The van der Waals surface area contributed by atoms with Crippen molar-refractivity contribution in [3.05, 3.63) is 18.2 Å². The van der Waals surface area contributed by atoms with Crippen LogP contribution in [0.25, 0.3) is 0 Å². The Morgan fingerprint density at radius 2 is 2.31 bits per heavy atom. The van der Waals surface area contributed by atoms with Crippen LogP contribution in [-0.4, -0.2) is 31.8 Å². The van der Waals surface area contributed by atoms with Gasteiger partial charge in [0, 0.05) is 41.2 Å². The SMILES string of the molecule is CC(CS(C)=O)NCc1nccn1C(F)F. The fraction of sp³-hybridized carbons (Fsp3) is 0.667. The minimum atomic E-state index is -2.57. The molecule has 0 aromatic carbocycles. The van der Waals surface area contributed by atoms with Gasteiger partial charge in [0.1, 0.15) is 5.82 Å². The molecular weight excluding hydrogens is 236 g/mol. The molecule has 2 atom stereocenters. The summed E-state index contributed by atoms with van der Waals surface area (Å²) in [6.07, 6.45) is 4.19. The fourth-order valence-corrected chi connectivity index (χ4v) is 2.16. The monoisotopic (exact) mass is 251 g/mol. The van der Waals surface area contributed by atoms with E-state index in [1.165, 1.54) is 12.4 Å². The van der Waals surface area contributed by atoms with Gasteiger partial charge < -0.3 is 5.32 Å². The average molecular weight is 251 g/mol. The molecule has 0 aliphatic carbocycles. The highest BCUT2D eigenvalue weighted by molar-refractivity contribution is 7.84. The summed E-state index contributed by atoms with van der Waals surface area (Å²) in [7, 11) is -0.896. The molecule has 2 unspecified atom stereocenters. The van der Waals surface area contributed by atoms with Crippen LogP contribution in [0.3, 0.4) is 0 Å². The van der Waals surface area contributed by atoms with E-state index in [0.717, 1.165) is 4.57 Å². The molecule has 0 fully saturated rings. The van der Waals surface area contributed by atoms with Gasteiger partial charge in [0.25, 0.3) is 0 Å². The van der Waals surface area contributed by atoms with E-state index in [0.29, 0.717) is 5.75 Å². The van der Waals surface area contributed by atoms with E-state index in [4.69, 9.17) is 0 Å². The quantitative estimate of drug-likeness (QED) is 0.824. The Morgan fingerprint density at radius 3 is 2.88 bits per heavy atom. The third-order valence-corrected chi connectivity index (χ3v) is 3.02. The van der Waals surface area contributed by atoms with Gasteiger partial charge in [0.05, 0.1) is 6.54 Å². The molecule has 7 heteroatoms. The van der Waals surface area contributed by atoms with E-state index >= 15 is 0 Å². The summed E-state index contributed by atoms with van der Waals surface area (Å²) in [5.74, 6) is 0.777. The molecule has 1 heterocycles. The summed E-state index contributed by atoms with van der Waals surface area (Å²) < 4.78 is 36.6. The highest BCUT2D eigenvalue weighted by Gasteiger charge is 2.12. The third kappa shape index (κ3) is 3.97. The zero-order chi connectivity index (χ0) is 12.1. The number of alkyl halides is 2. The number of rotatable bonds is 6. The number of aromatic nitrogens is 2. The smallest absolute Gasteiger partial charge is 0.306 e. The van der Waals surface area contributed by atoms with Crippen molar-refractivity contribution in [3.63, 3.8) is 0 Å². The molecule has 92 valence electrons. The minimum Gasteiger partial charge on any atom is -0.306 e. The Morgan fingerprint density at radius 1 is 1.62 bits per heavy atom. The van der Waals surface area contributed by atoms with Crippen LogP contribution in [0.15, 0.2) is 12.4 Å². The molecule has 1 N–H and O–H groups in total. The van der Waals surface area contributed by atoms with Crippen molar-refractivity contribution in [1.82, 2.24) is 14.9 Å². The average Bonchev–Trinajstić information content (AvgIpc) is 2.61. The van der Waals surface area contributed by atoms with Gasteiger partial charge in [-0.2, -0.15) is 8.78 Å². The first-order valence-corrected chi connectivity index (χ1v) is 6.56. The van der Waals surface area contributed by atoms with Crippen LogP contribution in [0.1, 0.15) is 19.3 Å². The Bertz CT molecular complexity index is 356. The van der Waals surface area contributed by atoms with Crippen molar-refractivity contribution < 1.29 is 13.0 Å². The van der Waals surface area contributed by atoms with E-state index < -0.39 is 17.3 Å². The molecular formula is C9H15F2N3OS. The van der Waals surface area contributed by atoms with Crippen LogP contribution in [0, 0.1) is 0 Å². The molecule has 0 aliphatic heterocycles. The standard InChI is InChI=1S/C9H15F2N3OS/c1-7(6-16(2)15)13-5-8-12-3-4-14(8)9(10)11/h3-4,7,9,13H,5-6H2,1-2H3. The number of hydrogen-bond acceptors (Lipinski definition) is 3. The molecule has 1 rings (SSSR count). The van der Waals surface area contributed by atoms with E-state index in [1.54, 1.807) is 6.26 Å². The van der Waals surface area contributed by atoms with Crippen molar-refractivity contribution in [2.24, 2.45) is 0 Å². The van der Waals surface area contributed by atoms with Crippen LogP contribution in [0.5, 0.6) is 0 Å². The highest BCUT2D eigenvalue weighted by atomic mass is 32.2. The predicted octanol–water partition coefficient (Wildman–Crippen LogP) is 1.13. The summed E-state index contributed by atoms with van der Waals surface area (Å²) in [6, 6.07) is 0.00801. The largest absolute Gasteiger partial charge is 0.319 e. The van der Waals surface area contributed by atoms with Gasteiger partial charge in [-0.3, -0.25) is 8.78 Å². The zero-order valence-corrected chi connectivity index (χ0v) is 10.0. The second kappa shape index (κ2) is 6.05. The van der Waals surface area contributed by atoms with E-state index in [2.05, 4.69) is 10.3 Å². The molecule has 0 radical (unpaired) electrons. The van der Waals surface area contributed by atoms with Crippen LogP contribution in [-0.2, 0) is 17.3 Å². The van der Waals surface area contributed by atoms with E-state index in [9.17, 15) is 13.0 Å². The van der Waals surface area contributed by atoms with Crippen molar-refractivity contribution in [2.75, 3.05) is 12.0 Å². The first kappa shape index (κ1) is 13.2. The highest BCUT2D eigenvalue weighted by Crippen LogP contribution is 2.12. The Kier molecular flexibility index (Phi) is 5.01. The van der Waals surface area contributed by atoms with E-state index in [1.807, 2.05) is 6.92 Å². The maximum atomic E-state index is 12.4. The van der Waals surface area contributed by atoms with E-state index in [-0.39, 0.29) is 18.4 Å². The fourth-order valence-electron chi connectivity index (χ4n) is 1.34. The molecule has 16 heavy (non-hydrogen) atoms. The van der Waals surface area contributed by atoms with Gasteiger partial charge in [0.2, 0.25) is 0 Å². The zero-order valence-electron chi connectivity index (χ0n) is 9.19. The van der Waals surface area contributed by atoms with Crippen molar-refractivity contribution in [1.29, 1.82) is 0 Å². The first-order valence-electron chi connectivity index (χ1n) is 4.84. The van der Waals surface area contributed by atoms with Gasteiger partial charge in [-0.1, -0.05) is 0 Å². The Labute approximate surface area is 95.5 Å². The summed E-state index contributed by atoms with van der Waals surface area (Å²) >= 11 is 0. The minimum absolute atomic E-state index is 0.00801. The maximum Gasteiger partial charge on any atom is 0.319 e. The third-order valence-electron chi connectivity index (χ3n) is 2.05. The van der Waals surface area contributed by atoms with Crippen LogP contribution in [0.4, 0.5) is 8.78 Å². The summed E-state index contributed by atoms with van der Waals surface area (Å²) in [5, 5.41) is 3.00. The first-order chi connectivity index (χ1) is 7.50. The lowest BCUT2D eigenvalue weighted by molar-refractivity contribution is 0.0665. The molecule has 1 aromatic heterocycles. The number of imidazole rings is 1. The molecule has 0 saturated heterocycles.